The lowest BCUT2D eigenvalue weighted by molar-refractivity contribution is -0.145. The minimum Gasteiger partial charge on any atom is -0.345 e. The first kappa shape index (κ1) is 11.9. The highest BCUT2D eigenvalue weighted by Crippen LogP contribution is 2.47. The molecule has 0 saturated heterocycles. The molecule has 84 valence electrons. The number of carbonyl (C=O) groups excluding carboxylic acids is 3. The van der Waals surface area contributed by atoms with Gasteiger partial charge in [0.2, 0.25) is 11.7 Å². The fourth-order valence-corrected chi connectivity index (χ4v) is 1.80. The van der Waals surface area contributed by atoms with Crippen molar-refractivity contribution in [2.45, 2.75) is 26.7 Å². The molecule has 0 radical (unpaired) electrons. The summed E-state index contributed by atoms with van der Waals surface area (Å²) in [5.74, 6) is -0.405. The summed E-state index contributed by atoms with van der Waals surface area (Å²) in [6, 6.07) is 0. The molecule has 0 spiro atoms. The third-order valence-corrected chi connectivity index (χ3v) is 2.72. The molecule has 0 unspecified atom stereocenters. The van der Waals surface area contributed by atoms with Gasteiger partial charge >= 0.3 is 0 Å². The fraction of sp³-hybridized carbons (Fsp3) is 0.727. The van der Waals surface area contributed by atoms with Crippen LogP contribution in [0.15, 0.2) is 0 Å². The maximum absolute atomic E-state index is 11.9. The van der Waals surface area contributed by atoms with Crippen molar-refractivity contribution in [2.75, 3.05) is 13.6 Å². The molecular formula is C11H17NO3. The van der Waals surface area contributed by atoms with Gasteiger partial charge in [0.1, 0.15) is 5.41 Å². The molecule has 1 amide bonds. The van der Waals surface area contributed by atoms with E-state index in [1.54, 1.807) is 11.9 Å². The molecule has 0 aliphatic heterocycles. The summed E-state index contributed by atoms with van der Waals surface area (Å²) in [4.78, 5) is 35.2. The standard InChI is InChI=1S/C11H17NO3/c1-8(2)6-12(3)10(15)11(4-5-11)9(14)7-13/h7-8H,4-6H2,1-3H3. The van der Waals surface area contributed by atoms with Gasteiger partial charge in [-0.3, -0.25) is 14.4 Å². The maximum atomic E-state index is 11.9. The SMILES string of the molecule is CC(C)CN(C)C(=O)C1(C(=O)C=O)CC1. The Kier molecular flexibility index (Phi) is 3.27. The minimum atomic E-state index is -0.995. The highest BCUT2D eigenvalue weighted by molar-refractivity contribution is 6.34. The monoisotopic (exact) mass is 211 g/mol. The van der Waals surface area contributed by atoms with Crippen LogP contribution in [0.2, 0.25) is 0 Å². The van der Waals surface area contributed by atoms with Gasteiger partial charge in [-0.05, 0) is 18.8 Å². The number of Topliss-reactive ketones (excluding diaryl/α,β-unsaturated/α-hetero) is 1. The Morgan fingerprint density at radius 2 is 1.93 bits per heavy atom. The third-order valence-electron chi connectivity index (χ3n) is 2.72. The molecule has 0 aromatic rings. The van der Waals surface area contributed by atoms with E-state index in [2.05, 4.69) is 0 Å². The fourth-order valence-electron chi connectivity index (χ4n) is 1.80. The van der Waals surface area contributed by atoms with Crippen molar-refractivity contribution < 1.29 is 14.4 Å². The van der Waals surface area contributed by atoms with E-state index in [-0.39, 0.29) is 12.2 Å². The average Bonchev–Trinajstić information content (AvgIpc) is 2.95. The van der Waals surface area contributed by atoms with Crippen LogP contribution in [0.5, 0.6) is 0 Å². The van der Waals surface area contributed by atoms with Crippen LogP contribution in [0, 0.1) is 11.3 Å². The van der Waals surface area contributed by atoms with E-state index < -0.39 is 11.2 Å². The zero-order chi connectivity index (χ0) is 11.6. The van der Waals surface area contributed by atoms with Gasteiger partial charge in [0.05, 0.1) is 0 Å². The second-order valence-corrected chi connectivity index (χ2v) is 4.64. The molecule has 0 aromatic heterocycles. The van der Waals surface area contributed by atoms with E-state index in [1.165, 1.54) is 0 Å². The van der Waals surface area contributed by atoms with Crippen molar-refractivity contribution in [3.05, 3.63) is 0 Å². The Morgan fingerprint density at radius 3 is 2.27 bits per heavy atom. The van der Waals surface area contributed by atoms with E-state index in [4.69, 9.17) is 0 Å². The minimum absolute atomic E-state index is 0.201. The molecule has 15 heavy (non-hydrogen) atoms. The number of nitrogens with zero attached hydrogens (tertiary/aromatic N) is 1. The Bertz CT molecular complexity index is 292. The lowest BCUT2D eigenvalue weighted by atomic mass is 10.00. The molecule has 1 rings (SSSR count). The first-order chi connectivity index (χ1) is 6.94. The van der Waals surface area contributed by atoms with E-state index >= 15 is 0 Å². The topological polar surface area (TPSA) is 54.5 Å². The number of hydrogen-bond donors (Lipinski definition) is 0. The van der Waals surface area contributed by atoms with Crippen molar-refractivity contribution in [3.63, 3.8) is 0 Å². The molecule has 1 aliphatic rings. The van der Waals surface area contributed by atoms with Gasteiger partial charge in [-0.15, -0.1) is 0 Å². The molecule has 1 aliphatic carbocycles. The van der Waals surface area contributed by atoms with Gasteiger partial charge in [-0.1, -0.05) is 13.8 Å². The van der Waals surface area contributed by atoms with Gasteiger partial charge in [-0.25, -0.2) is 0 Å². The summed E-state index contributed by atoms with van der Waals surface area (Å²) in [6.07, 6.45) is 1.31. The molecule has 0 bridgehead atoms. The van der Waals surface area contributed by atoms with Crippen LogP contribution in [-0.2, 0) is 14.4 Å². The van der Waals surface area contributed by atoms with Gasteiger partial charge < -0.3 is 4.90 Å². The number of aldehydes is 1. The summed E-state index contributed by atoms with van der Waals surface area (Å²) in [5.41, 5.74) is -0.995. The highest BCUT2D eigenvalue weighted by atomic mass is 16.2. The van der Waals surface area contributed by atoms with E-state index in [1.807, 2.05) is 13.8 Å². The molecular weight excluding hydrogens is 194 g/mol. The normalized spacial score (nSPS) is 17.3. The van der Waals surface area contributed by atoms with E-state index in [9.17, 15) is 14.4 Å². The van der Waals surface area contributed by atoms with Crippen LogP contribution in [0.1, 0.15) is 26.7 Å². The number of hydrogen-bond acceptors (Lipinski definition) is 3. The summed E-state index contributed by atoms with van der Waals surface area (Å²) < 4.78 is 0. The van der Waals surface area contributed by atoms with Crippen LogP contribution in [0.25, 0.3) is 0 Å². The van der Waals surface area contributed by atoms with Crippen LogP contribution in [-0.4, -0.2) is 36.5 Å². The maximum Gasteiger partial charge on any atom is 0.236 e. The van der Waals surface area contributed by atoms with Gasteiger partial charge in [0.15, 0.2) is 6.29 Å². The first-order valence-corrected chi connectivity index (χ1v) is 5.19. The summed E-state index contributed by atoms with van der Waals surface area (Å²) in [6.45, 7) is 4.63. The Hall–Kier alpha value is -1.19. The Balaban J connectivity index is 2.68. The second kappa shape index (κ2) is 4.13. The molecule has 1 saturated carbocycles. The van der Waals surface area contributed by atoms with Crippen molar-refractivity contribution in [1.29, 1.82) is 0 Å². The number of amides is 1. The highest BCUT2D eigenvalue weighted by Gasteiger charge is 2.57. The van der Waals surface area contributed by atoms with Crippen molar-refractivity contribution in [2.24, 2.45) is 11.3 Å². The van der Waals surface area contributed by atoms with Crippen molar-refractivity contribution in [1.82, 2.24) is 4.90 Å². The largest absolute Gasteiger partial charge is 0.345 e. The zero-order valence-electron chi connectivity index (χ0n) is 9.45. The Morgan fingerprint density at radius 1 is 1.40 bits per heavy atom. The second-order valence-electron chi connectivity index (χ2n) is 4.64. The van der Waals surface area contributed by atoms with Crippen LogP contribution < -0.4 is 0 Å². The van der Waals surface area contributed by atoms with Crippen LogP contribution in [0.4, 0.5) is 0 Å². The average molecular weight is 211 g/mol. The number of carbonyl (C=O) groups is 3. The molecule has 0 N–H and O–H groups in total. The lowest BCUT2D eigenvalue weighted by Crippen LogP contribution is -2.40. The van der Waals surface area contributed by atoms with Gasteiger partial charge in [-0.2, -0.15) is 0 Å². The summed E-state index contributed by atoms with van der Waals surface area (Å²) in [5, 5.41) is 0. The van der Waals surface area contributed by atoms with Crippen LogP contribution in [0.3, 0.4) is 0 Å². The van der Waals surface area contributed by atoms with Gasteiger partial charge in [0, 0.05) is 13.6 Å². The molecule has 0 heterocycles. The lowest BCUT2D eigenvalue weighted by Gasteiger charge is -2.23. The third kappa shape index (κ3) is 2.25. The zero-order valence-corrected chi connectivity index (χ0v) is 9.45. The van der Waals surface area contributed by atoms with Crippen LogP contribution >= 0.6 is 0 Å². The number of rotatable bonds is 5. The van der Waals surface area contributed by atoms with E-state index in [0.717, 1.165) is 0 Å². The predicted molar refractivity (Wildman–Crippen MR) is 55.2 cm³/mol. The molecule has 4 nitrogen and oxygen atoms in total. The number of ketones is 1. The molecule has 0 aromatic carbocycles. The smallest absolute Gasteiger partial charge is 0.236 e. The summed E-state index contributed by atoms with van der Waals surface area (Å²) in [7, 11) is 1.68. The van der Waals surface area contributed by atoms with Gasteiger partial charge in [0.25, 0.3) is 0 Å². The quantitative estimate of drug-likeness (QED) is 0.381. The molecule has 4 heteroatoms. The van der Waals surface area contributed by atoms with Crippen molar-refractivity contribution in [3.8, 4) is 0 Å². The summed E-state index contributed by atoms with van der Waals surface area (Å²) >= 11 is 0. The Labute approximate surface area is 89.6 Å². The molecule has 0 atom stereocenters. The van der Waals surface area contributed by atoms with Crippen molar-refractivity contribution >= 4 is 18.0 Å². The molecule has 1 fully saturated rings. The predicted octanol–water partition coefficient (Wildman–Crippen LogP) is 0.649. The van der Waals surface area contributed by atoms with E-state index in [0.29, 0.717) is 25.3 Å². The first-order valence-electron chi connectivity index (χ1n) is 5.19.